The van der Waals surface area contributed by atoms with Crippen molar-refractivity contribution in [2.45, 2.75) is 26.7 Å². The van der Waals surface area contributed by atoms with Crippen LogP contribution in [-0.2, 0) is 0 Å². The van der Waals surface area contributed by atoms with Crippen LogP contribution < -0.4 is 15.5 Å². The van der Waals surface area contributed by atoms with Crippen molar-refractivity contribution < 1.29 is 23.5 Å². The average molecular weight is 573 g/mol. The third kappa shape index (κ3) is 6.99. The molecule has 0 aliphatic carbocycles. The summed E-state index contributed by atoms with van der Waals surface area (Å²) in [5.74, 6) is 4.19. The van der Waals surface area contributed by atoms with Gasteiger partial charge < -0.3 is 14.8 Å². The zero-order valence-corrected chi connectivity index (χ0v) is 23.6. The van der Waals surface area contributed by atoms with Crippen LogP contribution in [0.3, 0.4) is 0 Å². The summed E-state index contributed by atoms with van der Waals surface area (Å²) in [6.45, 7) is 5.42. The molecule has 1 fully saturated rings. The Morgan fingerprint density at radius 3 is 1.95 bits per heavy atom. The van der Waals surface area contributed by atoms with Crippen LogP contribution in [0.15, 0.2) is 96.7 Å². The lowest BCUT2D eigenvalue weighted by molar-refractivity contribution is 0.203. The summed E-state index contributed by atoms with van der Waals surface area (Å²) in [4.78, 5) is 22.1. The van der Waals surface area contributed by atoms with Crippen molar-refractivity contribution in [3.8, 4) is 5.75 Å². The van der Waals surface area contributed by atoms with Crippen molar-refractivity contribution in [1.29, 1.82) is 0 Å². The lowest BCUT2D eigenvalue weighted by Gasteiger charge is -2.34. The standard InChI is InChI=1S/C33H31F2N3O2.H3NO/c1-3-40-30-16-14-29(15-17-30)38(32-23(2)5-4-20-36-32)33(39)37-21-18-26(19-22-37)31(24-6-10-27(34)11-7-24)25-8-12-28(35)13-9-25;1-2/h4-17,20H,3,18-19,21-22H2,1-2H3;2H,1H2. The molecular weight excluding hydrogens is 538 g/mol. The number of urea groups is 1. The van der Waals surface area contributed by atoms with Gasteiger partial charge in [-0.3, -0.25) is 0 Å². The molecule has 1 saturated heterocycles. The Morgan fingerprint density at radius 2 is 1.45 bits per heavy atom. The molecule has 218 valence electrons. The van der Waals surface area contributed by atoms with Gasteiger partial charge >= 0.3 is 6.03 Å². The van der Waals surface area contributed by atoms with Gasteiger partial charge in [-0.15, -0.1) is 0 Å². The van der Waals surface area contributed by atoms with Gasteiger partial charge in [0, 0.05) is 19.3 Å². The first kappa shape index (κ1) is 30.4. The van der Waals surface area contributed by atoms with Gasteiger partial charge in [0.05, 0.1) is 12.3 Å². The quantitative estimate of drug-likeness (QED) is 0.237. The fourth-order valence-electron chi connectivity index (χ4n) is 5.06. The molecule has 1 aliphatic heterocycles. The molecule has 42 heavy (non-hydrogen) atoms. The number of hydrogen-bond donors (Lipinski definition) is 2. The van der Waals surface area contributed by atoms with Crippen LogP contribution >= 0.6 is 0 Å². The number of hydrogen-bond acceptors (Lipinski definition) is 5. The minimum Gasteiger partial charge on any atom is -0.494 e. The second-order valence-corrected chi connectivity index (χ2v) is 9.67. The Bertz CT molecular complexity index is 1450. The van der Waals surface area contributed by atoms with Crippen molar-refractivity contribution in [2.24, 2.45) is 5.90 Å². The van der Waals surface area contributed by atoms with E-state index in [1.165, 1.54) is 24.3 Å². The number of carbonyl (C=O) groups excluding carboxylic acids is 1. The van der Waals surface area contributed by atoms with Gasteiger partial charge in [-0.1, -0.05) is 35.9 Å². The normalized spacial score (nSPS) is 12.7. The van der Waals surface area contributed by atoms with E-state index < -0.39 is 0 Å². The molecule has 4 aromatic rings. The van der Waals surface area contributed by atoms with E-state index in [9.17, 15) is 13.6 Å². The predicted octanol–water partition coefficient (Wildman–Crippen LogP) is 7.26. The number of rotatable bonds is 6. The summed E-state index contributed by atoms with van der Waals surface area (Å²) in [5.41, 5.74) is 5.41. The van der Waals surface area contributed by atoms with E-state index in [0.29, 0.717) is 44.0 Å². The van der Waals surface area contributed by atoms with Crippen LogP contribution in [0.1, 0.15) is 36.5 Å². The number of benzene rings is 3. The van der Waals surface area contributed by atoms with E-state index >= 15 is 0 Å². The average Bonchev–Trinajstić information content (AvgIpc) is 3.02. The second-order valence-electron chi connectivity index (χ2n) is 9.67. The number of ether oxygens (including phenoxy) is 1. The van der Waals surface area contributed by atoms with Crippen molar-refractivity contribution >= 4 is 23.1 Å². The summed E-state index contributed by atoms with van der Waals surface area (Å²) in [6.07, 6.45) is 2.95. The number of nitrogens with two attached hydrogens (primary N) is 1. The van der Waals surface area contributed by atoms with Crippen LogP contribution in [0.2, 0.25) is 0 Å². The summed E-state index contributed by atoms with van der Waals surface area (Å²) in [7, 11) is 0. The zero-order valence-electron chi connectivity index (χ0n) is 23.6. The van der Waals surface area contributed by atoms with Gasteiger partial charge in [0.1, 0.15) is 23.2 Å². The molecule has 0 spiro atoms. The fourth-order valence-corrected chi connectivity index (χ4v) is 5.06. The number of anilines is 2. The summed E-state index contributed by atoms with van der Waals surface area (Å²) in [5, 5.41) is 6.50. The molecule has 3 aromatic carbocycles. The SMILES string of the molecule is CCOc1ccc(N(C(=O)N2CCC(=C(c3ccc(F)cc3)c3ccc(F)cc3)CC2)c2ncccc2C)cc1.NO. The van der Waals surface area contributed by atoms with E-state index in [2.05, 4.69) is 10.9 Å². The Labute approximate surface area is 244 Å². The lowest BCUT2D eigenvalue weighted by Crippen LogP contribution is -2.44. The maximum atomic E-state index is 14.0. The molecule has 1 aromatic heterocycles. The first-order chi connectivity index (χ1) is 20.4. The van der Waals surface area contributed by atoms with Gasteiger partial charge in [0.25, 0.3) is 0 Å². The second kappa shape index (κ2) is 14.3. The van der Waals surface area contributed by atoms with E-state index in [1.807, 2.05) is 55.1 Å². The van der Waals surface area contributed by atoms with Crippen molar-refractivity contribution in [1.82, 2.24) is 9.88 Å². The summed E-state index contributed by atoms with van der Waals surface area (Å²) < 4.78 is 33.0. The van der Waals surface area contributed by atoms with Gasteiger partial charge in [0.2, 0.25) is 0 Å². The molecule has 3 N–H and O–H groups in total. The zero-order chi connectivity index (χ0) is 30.1. The third-order valence-corrected chi connectivity index (χ3v) is 7.05. The van der Waals surface area contributed by atoms with Crippen molar-refractivity contribution in [3.05, 3.63) is 125 Å². The minimum atomic E-state index is -0.313. The number of aryl methyl sites for hydroxylation is 1. The predicted molar refractivity (Wildman–Crippen MR) is 160 cm³/mol. The van der Waals surface area contributed by atoms with Gasteiger partial charge in [-0.05, 0) is 104 Å². The van der Waals surface area contributed by atoms with E-state index in [0.717, 1.165) is 33.6 Å². The molecule has 2 heterocycles. The Kier molecular flexibility index (Phi) is 10.4. The summed E-state index contributed by atoms with van der Waals surface area (Å²) >= 11 is 0. The van der Waals surface area contributed by atoms with Crippen LogP contribution in [0.4, 0.5) is 25.1 Å². The minimum absolute atomic E-state index is 0.157. The number of pyridine rings is 1. The molecule has 2 amide bonds. The summed E-state index contributed by atoms with van der Waals surface area (Å²) in [6, 6.07) is 23.8. The molecular formula is C33H34F2N4O3. The number of piperidine rings is 1. The topological polar surface area (TPSA) is 91.9 Å². The van der Waals surface area contributed by atoms with Crippen molar-refractivity contribution in [3.63, 3.8) is 0 Å². The number of nitrogens with zero attached hydrogens (tertiary/aromatic N) is 3. The third-order valence-electron chi connectivity index (χ3n) is 7.05. The highest BCUT2D eigenvalue weighted by Crippen LogP contribution is 2.35. The van der Waals surface area contributed by atoms with Crippen molar-refractivity contribution in [2.75, 3.05) is 24.6 Å². The highest BCUT2D eigenvalue weighted by atomic mass is 19.1. The van der Waals surface area contributed by atoms with Gasteiger partial charge in [-0.2, -0.15) is 0 Å². The van der Waals surface area contributed by atoms with E-state index in [4.69, 9.17) is 9.94 Å². The molecule has 0 radical (unpaired) electrons. The van der Waals surface area contributed by atoms with E-state index in [-0.39, 0.29) is 17.7 Å². The molecule has 1 aliphatic rings. The molecule has 0 unspecified atom stereocenters. The molecule has 9 heteroatoms. The largest absolute Gasteiger partial charge is 0.494 e. The molecule has 5 rings (SSSR count). The highest BCUT2D eigenvalue weighted by molar-refractivity contribution is 5.99. The number of likely N-dealkylation sites (tertiary alicyclic amines) is 1. The van der Waals surface area contributed by atoms with Crippen LogP contribution in [0, 0.1) is 18.6 Å². The van der Waals surface area contributed by atoms with Crippen LogP contribution in [-0.4, -0.2) is 40.8 Å². The van der Waals surface area contributed by atoms with E-state index in [1.54, 1.807) is 35.4 Å². The molecule has 0 saturated carbocycles. The monoisotopic (exact) mass is 572 g/mol. The van der Waals surface area contributed by atoms with Gasteiger partial charge in [-0.25, -0.2) is 29.4 Å². The Balaban J connectivity index is 0.00000198. The smallest absolute Gasteiger partial charge is 0.330 e. The number of amides is 2. The van der Waals surface area contributed by atoms with Gasteiger partial charge in [0.15, 0.2) is 0 Å². The Hall–Kier alpha value is -4.60. The molecule has 7 nitrogen and oxygen atoms in total. The number of aromatic nitrogens is 1. The van der Waals surface area contributed by atoms with Crippen LogP contribution in [0.5, 0.6) is 5.75 Å². The number of carbonyl (C=O) groups is 1. The highest BCUT2D eigenvalue weighted by Gasteiger charge is 2.29. The fraction of sp³-hybridized carbons (Fsp3) is 0.212. The first-order valence-corrected chi connectivity index (χ1v) is 13.7. The molecule has 0 atom stereocenters. The lowest BCUT2D eigenvalue weighted by atomic mass is 9.88. The van der Waals surface area contributed by atoms with Crippen LogP contribution in [0.25, 0.3) is 5.57 Å². The number of halogens is 2. The maximum absolute atomic E-state index is 14.0. The molecule has 0 bridgehead atoms. The maximum Gasteiger partial charge on any atom is 0.330 e. The Morgan fingerprint density at radius 1 is 0.905 bits per heavy atom. The first-order valence-electron chi connectivity index (χ1n) is 13.7.